The van der Waals surface area contributed by atoms with Gasteiger partial charge in [-0.1, -0.05) is 12.8 Å². The highest BCUT2D eigenvalue weighted by molar-refractivity contribution is 5.76. The Kier molecular flexibility index (Phi) is 5.52. The van der Waals surface area contributed by atoms with Crippen LogP contribution in [0.4, 0.5) is 0 Å². The molecule has 3 nitrogen and oxygen atoms in total. The van der Waals surface area contributed by atoms with Gasteiger partial charge in [-0.2, -0.15) is 0 Å². The second-order valence-electron chi connectivity index (χ2n) is 5.55. The molecule has 1 fully saturated rings. The maximum Gasteiger partial charge on any atom is 0.131 e. The Hall–Kier alpha value is -1.22. The average Bonchev–Trinajstić information content (AvgIpc) is 2.62. The number of ketones is 1. The van der Waals surface area contributed by atoms with E-state index in [1.165, 1.54) is 31.2 Å². The topological polar surface area (TPSA) is 33.2 Å². The van der Waals surface area contributed by atoms with Crippen LogP contribution < -0.4 is 0 Å². The quantitative estimate of drug-likeness (QED) is 0.816. The number of likely N-dealkylation sites (tertiary alicyclic amines) is 1. The molecule has 104 valence electrons. The van der Waals surface area contributed by atoms with Crippen LogP contribution in [0.1, 0.15) is 44.6 Å². The van der Waals surface area contributed by atoms with Gasteiger partial charge in [0.25, 0.3) is 0 Å². The van der Waals surface area contributed by atoms with Crippen LogP contribution in [0.2, 0.25) is 0 Å². The third-order valence-electron chi connectivity index (χ3n) is 3.96. The Balaban J connectivity index is 1.92. The molecule has 1 aliphatic rings. The van der Waals surface area contributed by atoms with Gasteiger partial charge in [0.1, 0.15) is 5.78 Å². The Bertz CT molecular complexity index is 391. The normalized spacial score (nSPS) is 21.0. The van der Waals surface area contributed by atoms with Gasteiger partial charge in [-0.25, -0.2) is 0 Å². The Morgan fingerprint density at radius 1 is 1.32 bits per heavy atom. The van der Waals surface area contributed by atoms with Gasteiger partial charge < -0.3 is 0 Å². The average molecular weight is 260 g/mol. The van der Waals surface area contributed by atoms with E-state index in [-0.39, 0.29) is 0 Å². The van der Waals surface area contributed by atoms with Gasteiger partial charge in [0.15, 0.2) is 0 Å². The van der Waals surface area contributed by atoms with Crippen LogP contribution in [0, 0.1) is 0 Å². The van der Waals surface area contributed by atoms with E-state index in [0.29, 0.717) is 11.8 Å². The van der Waals surface area contributed by atoms with Crippen LogP contribution in [-0.2, 0) is 11.2 Å². The molecule has 1 aromatic rings. The molecule has 3 heteroatoms. The van der Waals surface area contributed by atoms with E-state index in [1.54, 1.807) is 6.92 Å². The molecule has 0 radical (unpaired) electrons. The first-order chi connectivity index (χ1) is 9.25. The number of hydrogen-bond acceptors (Lipinski definition) is 3. The number of carbonyl (C=O) groups is 1. The molecular formula is C16H24N2O. The molecule has 0 aromatic carbocycles. The number of aromatic nitrogens is 1. The highest BCUT2D eigenvalue weighted by Crippen LogP contribution is 2.20. The molecule has 0 saturated carbocycles. The summed E-state index contributed by atoms with van der Waals surface area (Å²) in [4.78, 5) is 18.0. The van der Waals surface area contributed by atoms with Crippen LogP contribution in [0.5, 0.6) is 0 Å². The first-order valence-electron chi connectivity index (χ1n) is 7.38. The van der Waals surface area contributed by atoms with Crippen molar-refractivity contribution in [3.05, 3.63) is 30.1 Å². The summed E-state index contributed by atoms with van der Waals surface area (Å²) in [7, 11) is 0. The first kappa shape index (κ1) is 14.2. The summed E-state index contributed by atoms with van der Waals surface area (Å²) in [6.07, 6.45) is 10.5. The van der Waals surface area contributed by atoms with E-state index >= 15 is 0 Å². The molecule has 0 spiro atoms. The Morgan fingerprint density at radius 2 is 2.11 bits per heavy atom. The SMILES string of the molecule is CC(=O)CC1CCCCCN1CCc1ccncc1. The number of hydrogen-bond donors (Lipinski definition) is 0. The van der Waals surface area contributed by atoms with Crippen molar-refractivity contribution in [2.75, 3.05) is 13.1 Å². The van der Waals surface area contributed by atoms with Crippen molar-refractivity contribution in [2.45, 2.75) is 51.5 Å². The van der Waals surface area contributed by atoms with Gasteiger partial charge in [0.2, 0.25) is 0 Å². The molecule has 1 atom stereocenters. The van der Waals surface area contributed by atoms with Crippen LogP contribution in [-0.4, -0.2) is 34.8 Å². The highest BCUT2D eigenvalue weighted by atomic mass is 16.1. The van der Waals surface area contributed by atoms with E-state index in [4.69, 9.17) is 0 Å². The number of Topliss-reactive ketones (excluding diaryl/α,β-unsaturated/α-hetero) is 1. The predicted molar refractivity (Wildman–Crippen MR) is 77.1 cm³/mol. The maximum atomic E-state index is 11.4. The second kappa shape index (κ2) is 7.39. The summed E-state index contributed by atoms with van der Waals surface area (Å²) in [5, 5.41) is 0. The van der Waals surface area contributed by atoms with Gasteiger partial charge in [0.05, 0.1) is 0 Å². The first-order valence-corrected chi connectivity index (χ1v) is 7.38. The number of carbonyl (C=O) groups excluding carboxylic acids is 1. The molecule has 0 N–H and O–H groups in total. The molecule has 2 rings (SSSR count). The van der Waals surface area contributed by atoms with Crippen molar-refractivity contribution < 1.29 is 4.79 Å². The third-order valence-corrected chi connectivity index (χ3v) is 3.96. The summed E-state index contributed by atoms with van der Waals surface area (Å²) in [6.45, 7) is 3.91. The molecule has 1 aromatic heterocycles. The number of rotatable bonds is 5. The summed E-state index contributed by atoms with van der Waals surface area (Å²) < 4.78 is 0. The monoisotopic (exact) mass is 260 g/mol. The van der Waals surface area contributed by atoms with Crippen LogP contribution in [0.15, 0.2) is 24.5 Å². The third kappa shape index (κ3) is 4.75. The zero-order valence-corrected chi connectivity index (χ0v) is 11.8. The van der Waals surface area contributed by atoms with E-state index in [0.717, 1.165) is 25.9 Å². The minimum absolute atomic E-state index is 0.320. The van der Waals surface area contributed by atoms with Crippen molar-refractivity contribution in [1.82, 2.24) is 9.88 Å². The lowest BCUT2D eigenvalue weighted by Gasteiger charge is -2.29. The van der Waals surface area contributed by atoms with Crippen molar-refractivity contribution in [1.29, 1.82) is 0 Å². The summed E-state index contributed by atoms with van der Waals surface area (Å²) in [5.41, 5.74) is 1.33. The summed E-state index contributed by atoms with van der Waals surface area (Å²) >= 11 is 0. The number of pyridine rings is 1. The summed E-state index contributed by atoms with van der Waals surface area (Å²) in [6, 6.07) is 4.62. The lowest BCUT2D eigenvalue weighted by Crippen LogP contribution is -2.37. The zero-order chi connectivity index (χ0) is 13.5. The van der Waals surface area contributed by atoms with Gasteiger partial charge in [-0.15, -0.1) is 0 Å². The second-order valence-corrected chi connectivity index (χ2v) is 5.55. The van der Waals surface area contributed by atoms with E-state index in [9.17, 15) is 4.79 Å². The fraction of sp³-hybridized carbons (Fsp3) is 0.625. The van der Waals surface area contributed by atoms with Crippen LogP contribution in [0.25, 0.3) is 0 Å². The minimum atomic E-state index is 0.320. The fourth-order valence-electron chi connectivity index (χ4n) is 2.92. The molecule has 0 bridgehead atoms. The molecule has 0 amide bonds. The molecule has 1 unspecified atom stereocenters. The van der Waals surface area contributed by atoms with E-state index < -0.39 is 0 Å². The highest BCUT2D eigenvalue weighted by Gasteiger charge is 2.21. The maximum absolute atomic E-state index is 11.4. The van der Waals surface area contributed by atoms with Crippen molar-refractivity contribution in [3.8, 4) is 0 Å². The minimum Gasteiger partial charge on any atom is -0.300 e. The largest absolute Gasteiger partial charge is 0.300 e. The summed E-state index contributed by atoms with van der Waals surface area (Å²) in [5.74, 6) is 0.320. The zero-order valence-electron chi connectivity index (χ0n) is 11.8. The van der Waals surface area contributed by atoms with Crippen molar-refractivity contribution >= 4 is 5.78 Å². The van der Waals surface area contributed by atoms with Gasteiger partial charge in [-0.3, -0.25) is 14.7 Å². The van der Waals surface area contributed by atoms with Crippen molar-refractivity contribution in [3.63, 3.8) is 0 Å². The molecular weight excluding hydrogens is 236 g/mol. The van der Waals surface area contributed by atoms with Gasteiger partial charge >= 0.3 is 0 Å². The lowest BCUT2D eigenvalue weighted by molar-refractivity contribution is -0.118. The molecule has 2 heterocycles. The van der Waals surface area contributed by atoms with Crippen molar-refractivity contribution in [2.24, 2.45) is 0 Å². The number of nitrogens with zero attached hydrogens (tertiary/aromatic N) is 2. The van der Waals surface area contributed by atoms with Crippen LogP contribution in [0.3, 0.4) is 0 Å². The molecule has 19 heavy (non-hydrogen) atoms. The van der Waals surface area contributed by atoms with Gasteiger partial charge in [0, 0.05) is 31.4 Å². The van der Waals surface area contributed by atoms with E-state index in [2.05, 4.69) is 22.0 Å². The van der Waals surface area contributed by atoms with Crippen LogP contribution >= 0.6 is 0 Å². The standard InChI is InChI=1S/C16H24N2O/c1-14(19)13-16-5-3-2-4-11-18(16)12-8-15-6-9-17-10-7-15/h6-7,9-10,16H,2-5,8,11-13H2,1H3. The fourth-order valence-corrected chi connectivity index (χ4v) is 2.92. The molecule has 1 aliphatic heterocycles. The van der Waals surface area contributed by atoms with Gasteiger partial charge in [-0.05, 0) is 50.4 Å². The predicted octanol–water partition coefficient (Wildman–Crippen LogP) is 2.85. The lowest BCUT2D eigenvalue weighted by atomic mass is 10.0. The van der Waals surface area contributed by atoms with E-state index in [1.807, 2.05) is 12.4 Å². The molecule has 1 saturated heterocycles. The Morgan fingerprint density at radius 3 is 2.84 bits per heavy atom. The smallest absolute Gasteiger partial charge is 0.131 e. The Labute approximate surface area is 116 Å². The molecule has 0 aliphatic carbocycles.